The van der Waals surface area contributed by atoms with Crippen molar-refractivity contribution in [1.29, 1.82) is 0 Å². The Morgan fingerprint density at radius 2 is 1.92 bits per heavy atom. The van der Waals surface area contributed by atoms with Crippen LogP contribution in [0.2, 0.25) is 0 Å². The molecule has 7 nitrogen and oxygen atoms in total. The molecule has 1 aromatic carbocycles. The van der Waals surface area contributed by atoms with Crippen molar-refractivity contribution in [3.8, 4) is 5.75 Å². The van der Waals surface area contributed by atoms with E-state index in [1.165, 1.54) is 12.1 Å². The Labute approximate surface area is 160 Å². The lowest BCUT2D eigenvalue weighted by Crippen LogP contribution is -2.38. The van der Waals surface area contributed by atoms with E-state index in [2.05, 4.69) is 20.9 Å². The van der Waals surface area contributed by atoms with Crippen molar-refractivity contribution in [1.82, 2.24) is 10.6 Å². The fraction of sp³-hybridized carbons (Fsp3) is 0.500. The van der Waals surface area contributed by atoms with E-state index in [-0.39, 0.29) is 42.2 Å². The Hall–Kier alpha value is -1.55. The number of carbonyl (C=O) groups excluding carboxylic acids is 1. The first kappa shape index (κ1) is 22.4. The molecule has 1 aromatic rings. The third-order valence-electron chi connectivity index (χ3n) is 2.84. The van der Waals surface area contributed by atoms with Gasteiger partial charge in [0.05, 0.1) is 0 Å². The summed E-state index contributed by atoms with van der Waals surface area (Å²) < 4.78 is 5.27. The summed E-state index contributed by atoms with van der Waals surface area (Å²) in [4.78, 5) is 16.1. The van der Waals surface area contributed by atoms with Crippen molar-refractivity contribution in [3.63, 3.8) is 0 Å². The molecule has 24 heavy (non-hydrogen) atoms. The summed E-state index contributed by atoms with van der Waals surface area (Å²) in [7, 11) is 0. The lowest BCUT2D eigenvalue weighted by Gasteiger charge is -2.11. The number of hydrogen-bond donors (Lipinski definition) is 4. The van der Waals surface area contributed by atoms with Crippen LogP contribution in [0.1, 0.15) is 20.3 Å². The van der Waals surface area contributed by atoms with Crippen molar-refractivity contribution in [3.05, 3.63) is 24.3 Å². The SMILES string of the molecule is CCNC(=NCC(=O)Nc1ccc(O)cc1)NCCCOCC.I. The van der Waals surface area contributed by atoms with Gasteiger partial charge in [0.1, 0.15) is 12.3 Å². The molecule has 8 heteroatoms. The second-order valence-electron chi connectivity index (χ2n) is 4.77. The molecule has 1 amide bonds. The number of aliphatic imine (C=N–C) groups is 1. The number of phenolic OH excluding ortho intramolecular Hbond substituents is 1. The van der Waals surface area contributed by atoms with Gasteiger partial charge in [0, 0.05) is 32.0 Å². The predicted octanol–water partition coefficient (Wildman–Crippen LogP) is 1.93. The van der Waals surface area contributed by atoms with Gasteiger partial charge >= 0.3 is 0 Å². The van der Waals surface area contributed by atoms with E-state index < -0.39 is 0 Å². The Bertz CT molecular complexity index is 495. The molecule has 0 aliphatic heterocycles. The molecular formula is C16H27IN4O3. The second-order valence-corrected chi connectivity index (χ2v) is 4.77. The van der Waals surface area contributed by atoms with E-state index in [0.717, 1.165) is 19.5 Å². The topological polar surface area (TPSA) is 95.0 Å². The number of phenols is 1. The zero-order chi connectivity index (χ0) is 16.9. The molecule has 0 unspecified atom stereocenters. The van der Waals surface area contributed by atoms with E-state index in [4.69, 9.17) is 4.74 Å². The van der Waals surface area contributed by atoms with Crippen LogP contribution >= 0.6 is 24.0 Å². The first-order valence-corrected chi connectivity index (χ1v) is 7.84. The molecular weight excluding hydrogens is 423 g/mol. The van der Waals surface area contributed by atoms with E-state index in [0.29, 0.717) is 24.9 Å². The summed E-state index contributed by atoms with van der Waals surface area (Å²) in [6, 6.07) is 6.30. The Kier molecular flexibility index (Phi) is 13.0. The lowest BCUT2D eigenvalue weighted by molar-refractivity contribution is -0.114. The molecule has 0 fully saturated rings. The van der Waals surface area contributed by atoms with E-state index in [1.807, 2.05) is 13.8 Å². The molecule has 0 bridgehead atoms. The molecule has 0 saturated heterocycles. The van der Waals surface area contributed by atoms with Crippen LogP contribution in [0.15, 0.2) is 29.3 Å². The molecule has 0 heterocycles. The van der Waals surface area contributed by atoms with Gasteiger partial charge in [-0.25, -0.2) is 4.99 Å². The minimum Gasteiger partial charge on any atom is -0.508 e. The van der Waals surface area contributed by atoms with Crippen LogP contribution in [0, 0.1) is 0 Å². The quantitative estimate of drug-likeness (QED) is 0.152. The van der Waals surface area contributed by atoms with Crippen LogP contribution in [0.4, 0.5) is 5.69 Å². The number of carbonyl (C=O) groups is 1. The summed E-state index contributed by atoms with van der Waals surface area (Å²) in [5.74, 6) is 0.541. The zero-order valence-electron chi connectivity index (χ0n) is 14.2. The molecule has 0 radical (unpaired) electrons. The number of aromatic hydroxyl groups is 1. The smallest absolute Gasteiger partial charge is 0.246 e. The highest BCUT2D eigenvalue weighted by atomic mass is 127. The van der Waals surface area contributed by atoms with Gasteiger partial charge in [0.15, 0.2) is 5.96 Å². The van der Waals surface area contributed by atoms with Crippen LogP contribution < -0.4 is 16.0 Å². The van der Waals surface area contributed by atoms with Crippen molar-refractivity contribution in [2.24, 2.45) is 4.99 Å². The van der Waals surface area contributed by atoms with E-state index in [9.17, 15) is 9.90 Å². The number of guanidine groups is 1. The minimum atomic E-state index is -0.220. The van der Waals surface area contributed by atoms with Crippen molar-refractivity contribution in [2.75, 3.05) is 38.2 Å². The van der Waals surface area contributed by atoms with E-state index >= 15 is 0 Å². The highest BCUT2D eigenvalue weighted by Crippen LogP contribution is 2.13. The largest absolute Gasteiger partial charge is 0.508 e. The number of hydrogen-bond acceptors (Lipinski definition) is 4. The Balaban J connectivity index is 0.00000529. The molecule has 0 atom stereocenters. The fourth-order valence-electron chi connectivity index (χ4n) is 1.76. The fourth-order valence-corrected chi connectivity index (χ4v) is 1.76. The van der Waals surface area contributed by atoms with Crippen LogP contribution in [-0.4, -0.2) is 49.8 Å². The van der Waals surface area contributed by atoms with Crippen LogP contribution in [0.3, 0.4) is 0 Å². The zero-order valence-corrected chi connectivity index (χ0v) is 16.5. The van der Waals surface area contributed by atoms with Gasteiger partial charge in [-0.05, 0) is 44.5 Å². The highest BCUT2D eigenvalue weighted by Gasteiger charge is 2.03. The first-order chi connectivity index (χ1) is 11.2. The third-order valence-corrected chi connectivity index (χ3v) is 2.84. The molecule has 4 N–H and O–H groups in total. The maximum atomic E-state index is 11.9. The van der Waals surface area contributed by atoms with Gasteiger partial charge in [-0.3, -0.25) is 4.79 Å². The highest BCUT2D eigenvalue weighted by molar-refractivity contribution is 14.0. The normalized spacial score (nSPS) is 10.7. The van der Waals surface area contributed by atoms with E-state index in [1.54, 1.807) is 12.1 Å². The molecule has 136 valence electrons. The molecule has 1 rings (SSSR count). The Morgan fingerprint density at radius 3 is 2.54 bits per heavy atom. The molecule has 0 aromatic heterocycles. The van der Waals surface area contributed by atoms with Crippen molar-refractivity contribution < 1.29 is 14.6 Å². The first-order valence-electron chi connectivity index (χ1n) is 7.84. The number of halogens is 1. The summed E-state index contributed by atoms with van der Waals surface area (Å²) in [5.41, 5.74) is 0.623. The number of anilines is 1. The maximum Gasteiger partial charge on any atom is 0.246 e. The van der Waals surface area contributed by atoms with Gasteiger partial charge in [-0.2, -0.15) is 0 Å². The average Bonchev–Trinajstić information content (AvgIpc) is 2.54. The van der Waals surface area contributed by atoms with Gasteiger partial charge in [0.25, 0.3) is 0 Å². The lowest BCUT2D eigenvalue weighted by atomic mass is 10.3. The number of ether oxygens (including phenoxy) is 1. The Morgan fingerprint density at radius 1 is 1.21 bits per heavy atom. The molecule has 0 saturated carbocycles. The minimum absolute atomic E-state index is 0. The number of nitrogens with one attached hydrogen (secondary N) is 3. The summed E-state index contributed by atoms with van der Waals surface area (Å²) >= 11 is 0. The maximum absolute atomic E-state index is 11.9. The molecule has 0 aliphatic rings. The van der Waals surface area contributed by atoms with Crippen LogP contribution in [-0.2, 0) is 9.53 Å². The average molecular weight is 450 g/mol. The summed E-state index contributed by atoms with van der Waals surface area (Å²) in [6.07, 6.45) is 0.873. The number of rotatable bonds is 9. The van der Waals surface area contributed by atoms with Gasteiger partial charge in [0.2, 0.25) is 5.91 Å². The standard InChI is InChI=1S/C16H26N4O3.HI/c1-3-17-16(18-10-5-11-23-4-2)19-12-15(22)20-13-6-8-14(21)9-7-13;/h6-9,21H,3-5,10-12H2,1-2H3,(H,20,22)(H2,17,18,19);1H. The number of nitrogens with zero attached hydrogens (tertiary/aromatic N) is 1. The van der Waals surface area contributed by atoms with Crippen LogP contribution in [0.5, 0.6) is 5.75 Å². The predicted molar refractivity (Wildman–Crippen MR) is 107 cm³/mol. The van der Waals surface area contributed by atoms with Gasteiger partial charge < -0.3 is 25.8 Å². The van der Waals surface area contributed by atoms with Gasteiger partial charge in [-0.15, -0.1) is 24.0 Å². The second kappa shape index (κ2) is 13.8. The third kappa shape index (κ3) is 10.3. The number of amides is 1. The molecule has 0 aliphatic carbocycles. The molecule has 0 spiro atoms. The monoisotopic (exact) mass is 450 g/mol. The summed E-state index contributed by atoms with van der Waals surface area (Å²) in [6.45, 7) is 6.80. The number of benzene rings is 1. The summed E-state index contributed by atoms with van der Waals surface area (Å²) in [5, 5.41) is 18.2. The van der Waals surface area contributed by atoms with Gasteiger partial charge in [-0.1, -0.05) is 0 Å². The van der Waals surface area contributed by atoms with Crippen LogP contribution in [0.25, 0.3) is 0 Å². The van der Waals surface area contributed by atoms with Crippen molar-refractivity contribution >= 4 is 41.5 Å². The van der Waals surface area contributed by atoms with Crippen molar-refractivity contribution in [2.45, 2.75) is 20.3 Å².